The summed E-state index contributed by atoms with van der Waals surface area (Å²) in [6.07, 6.45) is 0.709. The summed E-state index contributed by atoms with van der Waals surface area (Å²) in [6.45, 7) is 0.198. The predicted octanol–water partition coefficient (Wildman–Crippen LogP) is 0.834. The van der Waals surface area contributed by atoms with Crippen LogP contribution in [0.3, 0.4) is 0 Å². The van der Waals surface area contributed by atoms with E-state index in [0.717, 1.165) is 11.3 Å². The van der Waals surface area contributed by atoms with Gasteiger partial charge in [0.2, 0.25) is 0 Å². The molecule has 0 spiro atoms. The van der Waals surface area contributed by atoms with Crippen LogP contribution < -0.4 is 5.73 Å². The van der Waals surface area contributed by atoms with Gasteiger partial charge in [0.05, 0.1) is 0 Å². The van der Waals surface area contributed by atoms with Gasteiger partial charge in [0.25, 0.3) is 0 Å². The van der Waals surface area contributed by atoms with E-state index in [1.54, 1.807) is 0 Å². The normalized spacial score (nSPS) is 8.25. The maximum Gasteiger partial charge on any atom is 0.0471 e. The lowest BCUT2D eigenvalue weighted by Gasteiger charge is -1.96. The molecule has 0 aliphatic rings. The van der Waals surface area contributed by atoms with E-state index >= 15 is 0 Å². The molecule has 0 unspecified atom stereocenters. The standard InChI is InChI=1S/C8H11NO.N2/c9-8-3-1-7(2-4-8)5-6-10;1-2/h1-4,10H,5-6,9H2;. The largest absolute Gasteiger partial charge is 0.399 e. The number of benzene rings is 1. The number of hydrogen-bond acceptors (Lipinski definition) is 4. The molecule has 0 aromatic heterocycles. The van der Waals surface area contributed by atoms with E-state index in [-0.39, 0.29) is 6.61 Å². The molecule has 64 valence electrons. The fraction of sp³-hybridized carbons (Fsp3) is 0.250. The van der Waals surface area contributed by atoms with Crippen LogP contribution in [0, 0.1) is 10.8 Å². The molecule has 0 saturated heterocycles. The summed E-state index contributed by atoms with van der Waals surface area (Å²) in [5.74, 6) is 0. The van der Waals surface area contributed by atoms with E-state index < -0.39 is 0 Å². The van der Waals surface area contributed by atoms with E-state index in [9.17, 15) is 0 Å². The minimum atomic E-state index is 0.198. The SMILES string of the molecule is N#N.Nc1ccc(CCO)cc1. The van der Waals surface area contributed by atoms with Crippen molar-refractivity contribution in [2.24, 2.45) is 0 Å². The average Bonchev–Trinajstić information content (AvgIpc) is 2.13. The second-order valence-corrected chi connectivity index (χ2v) is 2.22. The number of hydrogen-bond donors (Lipinski definition) is 2. The van der Waals surface area contributed by atoms with Crippen molar-refractivity contribution in [2.75, 3.05) is 12.3 Å². The second kappa shape index (κ2) is 6.13. The first kappa shape index (κ1) is 10.4. The summed E-state index contributed by atoms with van der Waals surface area (Å²) in [5, 5.41) is 20.6. The fourth-order valence-electron chi connectivity index (χ4n) is 0.813. The summed E-state index contributed by atoms with van der Waals surface area (Å²) in [4.78, 5) is 0. The first-order valence-corrected chi connectivity index (χ1v) is 3.48. The van der Waals surface area contributed by atoms with Crippen LogP contribution >= 0.6 is 0 Å². The van der Waals surface area contributed by atoms with Gasteiger partial charge in [-0.3, -0.25) is 0 Å². The lowest BCUT2D eigenvalue weighted by molar-refractivity contribution is 0.299. The number of aliphatic hydroxyl groups is 1. The summed E-state index contributed by atoms with van der Waals surface area (Å²) in [7, 11) is 0. The summed E-state index contributed by atoms with van der Waals surface area (Å²) in [6, 6.07) is 7.52. The van der Waals surface area contributed by atoms with Gasteiger partial charge < -0.3 is 10.8 Å². The Balaban J connectivity index is 0.000000561. The highest BCUT2D eigenvalue weighted by molar-refractivity contribution is 5.39. The van der Waals surface area contributed by atoms with Gasteiger partial charge in [0, 0.05) is 23.1 Å². The molecule has 3 N–H and O–H groups in total. The Hall–Kier alpha value is -1.60. The van der Waals surface area contributed by atoms with Crippen LogP contribution in [0.25, 0.3) is 0 Å². The van der Waals surface area contributed by atoms with Gasteiger partial charge in [0.1, 0.15) is 0 Å². The van der Waals surface area contributed by atoms with Crippen LogP contribution in [0.15, 0.2) is 24.3 Å². The monoisotopic (exact) mass is 165 g/mol. The number of rotatable bonds is 2. The number of nitrogen functional groups attached to an aromatic ring is 1. The van der Waals surface area contributed by atoms with Gasteiger partial charge in [0.15, 0.2) is 0 Å². The Morgan fingerprint density at radius 1 is 1.17 bits per heavy atom. The molecule has 12 heavy (non-hydrogen) atoms. The third kappa shape index (κ3) is 3.54. The molecular formula is C8H11N3O. The van der Waals surface area contributed by atoms with Crippen LogP contribution in [0.5, 0.6) is 0 Å². The molecule has 0 atom stereocenters. The minimum absolute atomic E-state index is 0.198. The quantitative estimate of drug-likeness (QED) is 0.501. The highest BCUT2D eigenvalue weighted by Gasteiger charge is 1.88. The van der Waals surface area contributed by atoms with Gasteiger partial charge in [-0.1, -0.05) is 12.1 Å². The third-order valence-electron chi connectivity index (χ3n) is 1.38. The van der Waals surface area contributed by atoms with E-state index in [1.807, 2.05) is 24.3 Å². The van der Waals surface area contributed by atoms with Crippen molar-refractivity contribution in [3.8, 4) is 0 Å². The van der Waals surface area contributed by atoms with Gasteiger partial charge in [-0.2, -0.15) is 0 Å². The Morgan fingerprint density at radius 3 is 2.08 bits per heavy atom. The first-order valence-electron chi connectivity index (χ1n) is 3.48. The van der Waals surface area contributed by atoms with Gasteiger partial charge >= 0.3 is 0 Å². The van der Waals surface area contributed by atoms with Crippen LogP contribution in [0.2, 0.25) is 0 Å². The topological polar surface area (TPSA) is 93.8 Å². The number of nitrogens with zero attached hydrogens (tertiary/aromatic N) is 2. The molecule has 0 heterocycles. The lowest BCUT2D eigenvalue weighted by atomic mass is 10.1. The number of anilines is 1. The third-order valence-corrected chi connectivity index (χ3v) is 1.38. The average molecular weight is 165 g/mol. The maximum atomic E-state index is 8.56. The van der Waals surface area contributed by atoms with Crippen molar-refractivity contribution in [2.45, 2.75) is 6.42 Å². The van der Waals surface area contributed by atoms with Crippen molar-refractivity contribution in [3.63, 3.8) is 0 Å². The van der Waals surface area contributed by atoms with Crippen molar-refractivity contribution in [1.82, 2.24) is 0 Å². The van der Waals surface area contributed by atoms with E-state index in [2.05, 4.69) is 0 Å². The molecule has 1 aromatic rings. The summed E-state index contributed by atoms with van der Waals surface area (Å²) < 4.78 is 0. The molecule has 0 aliphatic carbocycles. The molecule has 4 heteroatoms. The Bertz CT molecular complexity index is 230. The summed E-state index contributed by atoms with van der Waals surface area (Å²) in [5.41, 5.74) is 7.35. The summed E-state index contributed by atoms with van der Waals surface area (Å²) >= 11 is 0. The first-order chi connectivity index (χ1) is 5.83. The molecule has 1 aromatic carbocycles. The maximum absolute atomic E-state index is 8.56. The number of aliphatic hydroxyl groups excluding tert-OH is 1. The Labute approximate surface area is 71.1 Å². The molecule has 0 fully saturated rings. The molecule has 4 nitrogen and oxygen atoms in total. The molecule has 0 bridgehead atoms. The van der Waals surface area contributed by atoms with Gasteiger partial charge in [-0.05, 0) is 24.1 Å². The van der Waals surface area contributed by atoms with E-state index in [4.69, 9.17) is 21.6 Å². The molecular weight excluding hydrogens is 154 g/mol. The Morgan fingerprint density at radius 2 is 1.67 bits per heavy atom. The minimum Gasteiger partial charge on any atom is -0.399 e. The highest BCUT2D eigenvalue weighted by Crippen LogP contribution is 2.04. The van der Waals surface area contributed by atoms with Crippen molar-refractivity contribution in [3.05, 3.63) is 29.8 Å². The van der Waals surface area contributed by atoms with E-state index in [1.165, 1.54) is 0 Å². The molecule has 0 amide bonds. The number of nitrogens with two attached hydrogens (primary N) is 1. The van der Waals surface area contributed by atoms with Crippen molar-refractivity contribution < 1.29 is 5.11 Å². The lowest BCUT2D eigenvalue weighted by Crippen LogP contribution is -1.90. The van der Waals surface area contributed by atoms with Gasteiger partial charge in [-0.25, -0.2) is 0 Å². The fourth-order valence-corrected chi connectivity index (χ4v) is 0.813. The molecule has 0 saturated carbocycles. The van der Waals surface area contributed by atoms with Crippen molar-refractivity contribution >= 4 is 5.69 Å². The van der Waals surface area contributed by atoms with E-state index in [0.29, 0.717) is 6.42 Å². The van der Waals surface area contributed by atoms with Crippen molar-refractivity contribution in [1.29, 1.82) is 10.8 Å². The predicted molar refractivity (Wildman–Crippen MR) is 45.1 cm³/mol. The zero-order valence-electron chi connectivity index (χ0n) is 6.64. The second-order valence-electron chi connectivity index (χ2n) is 2.22. The van der Waals surface area contributed by atoms with Crippen LogP contribution in [0.4, 0.5) is 5.69 Å². The van der Waals surface area contributed by atoms with Crippen LogP contribution in [-0.2, 0) is 6.42 Å². The molecule has 1 rings (SSSR count). The zero-order chi connectivity index (χ0) is 9.40. The van der Waals surface area contributed by atoms with Crippen LogP contribution in [0.1, 0.15) is 5.56 Å². The highest BCUT2D eigenvalue weighted by atomic mass is 16.2. The van der Waals surface area contributed by atoms with Gasteiger partial charge in [-0.15, -0.1) is 0 Å². The molecule has 0 aliphatic heterocycles. The molecule has 0 radical (unpaired) electrons. The smallest absolute Gasteiger partial charge is 0.0471 e. The van der Waals surface area contributed by atoms with Crippen LogP contribution in [-0.4, -0.2) is 11.7 Å². The Kier molecular flexibility index (Phi) is 5.31. The zero-order valence-corrected chi connectivity index (χ0v) is 6.64.